The van der Waals surface area contributed by atoms with E-state index < -0.39 is 11.9 Å². The highest BCUT2D eigenvalue weighted by Gasteiger charge is 2.55. The predicted molar refractivity (Wildman–Crippen MR) is 97.9 cm³/mol. The van der Waals surface area contributed by atoms with Gasteiger partial charge in [-0.2, -0.15) is 0 Å². The summed E-state index contributed by atoms with van der Waals surface area (Å²) in [6.07, 6.45) is 6.73. The zero-order valence-corrected chi connectivity index (χ0v) is 16.4. The van der Waals surface area contributed by atoms with Crippen LogP contribution in [-0.4, -0.2) is 34.2 Å². The number of rotatable bonds is 5. The van der Waals surface area contributed by atoms with Crippen molar-refractivity contribution in [3.63, 3.8) is 0 Å². The summed E-state index contributed by atoms with van der Waals surface area (Å²) in [6, 6.07) is 0. The van der Waals surface area contributed by atoms with E-state index in [1.165, 1.54) is 6.92 Å². The average Bonchev–Trinajstić information content (AvgIpc) is 2.56. The van der Waals surface area contributed by atoms with Crippen LogP contribution in [0, 0.1) is 35.0 Å². The Morgan fingerprint density at radius 2 is 1.70 bits per heavy atom. The number of esters is 1. The molecule has 0 bridgehead atoms. The van der Waals surface area contributed by atoms with Gasteiger partial charge < -0.3 is 14.9 Å². The Morgan fingerprint density at radius 3 is 2.33 bits per heavy atom. The molecule has 0 aromatic heterocycles. The van der Waals surface area contributed by atoms with Crippen LogP contribution in [0.4, 0.5) is 0 Å². The predicted octanol–water partition coefficient (Wildman–Crippen LogP) is 3.73. The van der Waals surface area contributed by atoms with Crippen molar-refractivity contribution < 1.29 is 29.3 Å². The molecular formula is C21H32O6. The Labute approximate surface area is 160 Å². The van der Waals surface area contributed by atoms with E-state index in [9.17, 15) is 24.6 Å². The lowest BCUT2D eigenvalue weighted by molar-refractivity contribution is -0.160. The molecule has 3 fully saturated rings. The number of fused-ring (bicyclic) bond motifs is 3. The number of carbonyl (C=O) groups excluding carboxylic acids is 1. The van der Waals surface area contributed by atoms with Crippen LogP contribution in [0.1, 0.15) is 71.6 Å². The molecule has 0 heterocycles. The molecule has 3 aliphatic carbocycles. The third-order valence-corrected chi connectivity index (χ3v) is 7.88. The van der Waals surface area contributed by atoms with Crippen molar-refractivity contribution in [1.29, 1.82) is 0 Å². The summed E-state index contributed by atoms with van der Waals surface area (Å²) in [4.78, 5) is 34.1. The van der Waals surface area contributed by atoms with Crippen LogP contribution in [0.25, 0.3) is 0 Å². The van der Waals surface area contributed by atoms with Gasteiger partial charge in [-0.25, -0.2) is 0 Å². The molecule has 3 rings (SSSR count). The summed E-state index contributed by atoms with van der Waals surface area (Å²) < 4.78 is 5.47. The van der Waals surface area contributed by atoms with E-state index in [1.54, 1.807) is 0 Å². The van der Waals surface area contributed by atoms with Crippen LogP contribution < -0.4 is 0 Å². The first-order valence-corrected chi connectivity index (χ1v) is 10.3. The highest BCUT2D eigenvalue weighted by atomic mass is 16.5. The highest BCUT2D eigenvalue weighted by molar-refractivity contribution is 5.69. The van der Waals surface area contributed by atoms with Gasteiger partial charge in [0, 0.05) is 19.8 Å². The Hall–Kier alpha value is -1.59. The average molecular weight is 380 g/mol. The largest absolute Gasteiger partial charge is 0.481 e. The topological polar surface area (TPSA) is 101 Å². The van der Waals surface area contributed by atoms with Crippen LogP contribution >= 0.6 is 0 Å². The molecule has 0 amide bonds. The maximum atomic E-state index is 11.5. The first kappa shape index (κ1) is 20.2. The van der Waals surface area contributed by atoms with E-state index in [1.807, 2.05) is 0 Å². The zero-order chi connectivity index (χ0) is 19.8. The van der Waals surface area contributed by atoms with Crippen LogP contribution in [0.15, 0.2) is 0 Å². The van der Waals surface area contributed by atoms with Gasteiger partial charge in [-0.3, -0.25) is 14.4 Å². The lowest BCUT2D eigenvalue weighted by atomic mass is 9.46. The molecule has 6 nitrogen and oxygen atoms in total. The smallest absolute Gasteiger partial charge is 0.303 e. The fourth-order valence-electron chi connectivity index (χ4n) is 6.75. The molecule has 0 aromatic carbocycles. The van der Waals surface area contributed by atoms with E-state index in [0.29, 0.717) is 17.8 Å². The van der Waals surface area contributed by atoms with Gasteiger partial charge >= 0.3 is 17.9 Å². The molecule has 2 N–H and O–H groups in total. The Morgan fingerprint density at radius 1 is 1.00 bits per heavy atom. The Kier molecular flexibility index (Phi) is 5.82. The molecule has 7 atom stereocenters. The van der Waals surface area contributed by atoms with E-state index in [0.717, 1.165) is 44.9 Å². The number of carboxylic acids is 2. The first-order chi connectivity index (χ1) is 12.7. The van der Waals surface area contributed by atoms with E-state index >= 15 is 0 Å². The molecule has 0 aromatic rings. The maximum absolute atomic E-state index is 11.5. The molecule has 27 heavy (non-hydrogen) atoms. The van der Waals surface area contributed by atoms with Crippen molar-refractivity contribution in [3.8, 4) is 0 Å². The van der Waals surface area contributed by atoms with Crippen molar-refractivity contribution in [2.75, 3.05) is 0 Å². The Balaban J connectivity index is 1.78. The summed E-state index contributed by atoms with van der Waals surface area (Å²) in [5.74, 6) is -0.683. The highest BCUT2D eigenvalue weighted by Crippen LogP contribution is 2.61. The van der Waals surface area contributed by atoms with Gasteiger partial charge in [-0.05, 0) is 80.0 Å². The summed E-state index contributed by atoms with van der Waals surface area (Å²) in [7, 11) is 0. The quantitative estimate of drug-likeness (QED) is 0.705. The molecule has 152 valence electrons. The maximum Gasteiger partial charge on any atom is 0.303 e. The van der Waals surface area contributed by atoms with Gasteiger partial charge in [0.25, 0.3) is 0 Å². The number of carboxylic acid groups (broad SMARTS) is 2. The molecule has 0 spiro atoms. The second-order valence-electron chi connectivity index (χ2n) is 9.25. The summed E-state index contributed by atoms with van der Waals surface area (Å²) >= 11 is 0. The minimum Gasteiger partial charge on any atom is -0.481 e. The van der Waals surface area contributed by atoms with E-state index in [2.05, 4.69) is 6.92 Å². The third-order valence-electron chi connectivity index (χ3n) is 7.88. The van der Waals surface area contributed by atoms with Crippen molar-refractivity contribution in [2.45, 2.75) is 77.7 Å². The lowest BCUT2D eigenvalue weighted by Crippen LogP contribution is -2.53. The second-order valence-corrected chi connectivity index (χ2v) is 9.25. The first-order valence-electron chi connectivity index (χ1n) is 10.3. The third kappa shape index (κ3) is 4.14. The van der Waals surface area contributed by atoms with E-state index in [-0.39, 0.29) is 42.2 Å². The van der Waals surface area contributed by atoms with Crippen LogP contribution in [0.2, 0.25) is 0 Å². The summed E-state index contributed by atoms with van der Waals surface area (Å²) in [5.41, 5.74) is 0.143. The fourth-order valence-corrected chi connectivity index (χ4v) is 6.75. The summed E-state index contributed by atoms with van der Waals surface area (Å²) in [5, 5.41) is 18.7. The molecule has 3 saturated carbocycles. The van der Waals surface area contributed by atoms with Gasteiger partial charge in [0.1, 0.15) is 6.10 Å². The second kappa shape index (κ2) is 7.80. The molecule has 0 unspecified atom stereocenters. The molecule has 0 radical (unpaired) electrons. The van der Waals surface area contributed by atoms with Crippen molar-refractivity contribution in [2.24, 2.45) is 35.0 Å². The van der Waals surface area contributed by atoms with Gasteiger partial charge in [-0.1, -0.05) is 6.92 Å². The molecule has 3 aliphatic rings. The molecule has 6 heteroatoms. The zero-order valence-electron chi connectivity index (χ0n) is 16.4. The number of ether oxygens (including phenoxy) is 1. The molecule has 0 aliphatic heterocycles. The number of aliphatic carboxylic acids is 2. The molecular weight excluding hydrogens is 348 g/mol. The number of carbonyl (C=O) groups is 3. The normalized spacial score (nSPS) is 41.1. The van der Waals surface area contributed by atoms with Crippen LogP contribution in [-0.2, 0) is 19.1 Å². The van der Waals surface area contributed by atoms with Crippen molar-refractivity contribution in [1.82, 2.24) is 0 Å². The van der Waals surface area contributed by atoms with Crippen molar-refractivity contribution in [3.05, 3.63) is 0 Å². The minimum atomic E-state index is -0.823. The number of hydrogen-bond acceptors (Lipinski definition) is 4. The standard InChI is InChI=1S/C21H32O6/c1-12(22)27-15-7-8-21(2)14(10-15)4-5-16-17(11-20(25)26)13(9-19(23)24)3-6-18(16)21/h13-18H,3-11H2,1-2H3,(H,23,24)(H,25,26)/t13-,14+,15-,16+,17-,18+,21+/m0/s1. The van der Waals surface area contributed by atoms with Crippen LogP contribution in [0.5, 0.6) is 0 Å². The monoisotopic (exact) mass is 380 g/mol. The van der Waals surface area contributed by atoms with E-state index in [4.69, 9.17) is 4.74 Å². The minimum absolute atomic E-state index is 0.00953. The Bertz CT molecular complexity index is 601. The fraction of sp³-hybridized carbons (Fsp3) is 0.857. The van der Waals surface area contributed by atoms with Gasteiger partial charge in [0.15, 0.2) is 0 Å². The van der Waals surface area contributed by atoms with Gasteiger partial charge in [0.05, 0.1) is 0 Å². The lowest BCUT2D eigenvalue weighted by Gasteiger charge is -2.59. The van der Waals surface area contributed by atoms with Gasteiger partial charge in [0.2, 0.25) is 0 Å². The molecule has 0 saturated heterocycles. The van der Waals surface area contributed by atoms with Crippen molar-refractivity contribution >= 4 is 17.9 Å². The van der Waals surface area contributed by atoms with Gasteiger partial charge in [-0.15, -0.1) is 0 Å². The SMILES string of the molecule is CC(=O)O[C@H]1CC[C@]2(C)[C@H](CC[C@@H]3[C@@H](CC(=O)O)[C@H](CC(=O)O)CC[C@H]32)C1. The van der Waals surface area contributed by atoms with Crippen LogP contribution in [0.3, 0.4) is 0 Å². The number of hydrogen-bond donors (Lipinski definition) is 2. The summed E-state index contributed by atoms with van der Waals surface area (Å²) in [6.45, 7) is 3.80.